The number of amides is 1. The Morgan fingerprint density at radius 1 is 1.53 bits per heavy atom. The summed E-state index contributed by atoms with van der Waals surface area (Å²) in [4.78, 5) is 11.9. The fourth-order valence-electron chi connectivity index (χ4n) is 2.11. The molecule has 2 rings (SSSR count). The number of carbonyl (C=O) groups excluding carboxylic acids is 1. The zero-order valence-electron chi connectivity index (χ0n) is 11.0. The minimum Gasteiger partial charge on any atom is -0.350 e. The second kappa shape index (κ2) is 6.91. The summed E-state index contributed by atoms with van der Waals surface area (Å²) in [6.07, 6.45) is 0.499. The van der Waals surface area contributed by atoms with Crippen molar-refractivity contribution >= 4 is 17.7 Å². The van der Waals surface area contributed by atoms with Crippen LogP contribution in [0.25, 0.3) is 0 Å². The van der Waals surface area contributed by atoms with Crippen molar-refractivity contribution in [3.05, 3.63) is 35.6 Å². The van der Waals surface area contributed by atoms with Crippen molar-refractivity contribution in [3.63, 3.8) is 0 Å². The van der Waals surface area contributed by atoms with E-state index < -0.39 is 0 Å². The lowest BCUT2D eigenvalue weighted by Crippen LogP contribution is -2.41. The molecule has 1 unspecified atom stereocenters. The number of benzene rings is 1. The van der Waals surface area contributed by atoms with Crippen LogP contribution in [0.4, 0.5) is 4.39 Å². The first-order valence-electron chi connectivity index (χ1n) is 6.51. The highest BCUT2D eigenvalue weighted by Gasteiger charge is 2.18. The Labute approximate surface area is 117 Å². The predicted octanol–water partition coefficient (Wildman–Crippen LogP) is 2.10. The van der Waals surface area contributed by atoms with Crippen LogP contribution in [0.15, 0.2) is 24.3 Å². The zero-order valence-corrected chi connectivity index (χ0v) is 11.8. The van der Waals surface area contributed by atoms with E-state index in [0.717, 1.165) is 23.6 Å². The molecular weight excluding hydrogens is 263 g/mol. The zero-order chi connectivity index (χ0) is 13.7. The molecule has 1 aliphatic rings. The molecule has 1 amide bonds. The summed E-state index contributed by atoms with van der Waals surface area (Å²) >= 11 is 1.88. The molecule has 1 saturated heterocycles. The third-order valence-electron chi connectivity index (χ3n) is 3.18. The topological polar surface area (TPSA) is 41.1 Å². The second-order valence-electron chi connectivity index (χ2n) is 4.77. The van der Waals surface area contributed by atoms with Gasteiger partial charge in [-0.1, -0.05) is 12.1 Å². The molecule has 0 radical (unpaired) electrons. The summed E-state index contributed by atoms with van der Waals surface area (Å²) in [5, 5.41) is 6.29. The van der Waals surface area contributed by atoms with Crippen LogP contribution in [0.5, 0.6) is 0 Å². The molecule has 1 fully saturated rings. The highest BCUT2D eigenvalue weighted by Crippen LogP contribution is 2.14. The molecule has 1 aromatic carbocycles. The summed E-state index contributed by atoms with van der Waals surface area (Å²) in [5.41, 5.74) is 0.917. The van der Waals surface area contributed by atoms with Gasteiger partial charge in [0.05, 0.1) is 6.04 Å². The Bertz CT molecular complexity index is 418. The lowest BCUT2D eigenvalue weighted by atomic mass is 10.1. The SMILES string of the molecule is C[C@@H](NC(=O)CC1CSCCN1)c1ccc(F)cc1. The van der Waals surface area contributed by atoms with E-state index in [4.69, 9.17) is 0 Å². The van der Waals surface area contributed by atoms with Crippen LogP contribution < -0.4 is 10.6 Å². The van der Waals surface area contributed by atoms with Crippen LogP contribution in [-0.2, 0) is 4.79 Å². The Balaban J connectivity index is 1.82. The number of nitrogens with one attached hydrogen (secondary N) is 2. The van der Waals surface area contributed by atoms with Gasteiger partial charge in [0.2, 0.25) is 5.91 Å². The van der Waals surface area contributed by atoms with Crippen molar-refractivity contribution in [2.75, 3.05) is 18.1 Å². The highest BCUT2D eigenvalue weighted by atomic mass is 32.2. The van der Waals surface area contributed by atoms with Crippen LogP contribution in [-0.4, -0.2) is 30.0 Å². The third kappa shape index (κ3) is 4.51. The Morgan fingerprint density at radius 3 is 2.89 bits per heavy atom. The van der Waals surface area contributed by atoms with E-state index in [0.29, 0.717) is 6.42 Å². The molecule has 1 aliphatic heterocycles. The molecule has 0 spiro atoms. The van der Waals surface area contributed by atoms with Crippen LogP contribution in [0.2, 0.25) is 0 Å². The van der Waals surface area contributed by atoms with E-state index >= 15 is 0 Å². The van der Waals surface area contributed by atoms with Gasteiger partial charge < -0.3 is 10.6 Å². The number of hydrogen-bond acceptors (Lipinski definition) is 3. The maximum absolute atomic E-state index is 12.8. The normalized spacial score (nSPS) is 20.8. The quantitative estimate of drug-likeness (QED) is 0.888. The van der Waals surface area contributed by atoms with E-state index in [2.05, 4.69) is 10.6 Å². The lowest BCUT2D eigenvalue weighted by Gasteiger charge is -2.23. The molecule has 5 heteroatoms. The van der Waals surface area contributed by atoms with Gasteiger partial charge in [-0.15, -0.1) is 0 Å². The third-order valence-corrected chi connectivity index (χ3v) is 4.31. The number of carbonyl (C=O) groups is 1. The van der Waals surface area contributed by atoms with Gasteiger partial charge in [0.15, 0.2) is 0 Å². The minimum atomic E-state index is -0.259. The summed E-state index contributed by atoms with van der Waals surface area (Å²) in [5.74, 6) is 1.88. The number of thioether (sulfide) groups is 1. The summed E-state index contributed by atoms with van der Waals surface area (Å²) in [6.45, 7) is 2.88. The molecule has 0 bridgehead atoms. The predicted molar refractivity (Wildman–Crippen MR) is 76.7 cm³/mol. The molecule has 1 aromatic rings. The molecule has 3 nitrogen and oxygen atoms in total. The Kier molecular flexibility index (Phi) is 5.22. The minimum absolute atomic E-state index is 0.0387. The molecule has 104 valence electrons. The average Bonchev–Trinajstić information content (AvgIpc) is 2.40. The van der Waals surface area contributed by atoms with Crippen molar-refractivity contribution in [3.8, 4) is 0 Å². The van der Waals surface area contributed by atoms with Gasteiger partial charge >= 0.3 is 0 Å². The first-order chi connectivity index (χ1) is 9.15. The van der Waals surface area contributed by atoms with Gasteiger partial charge in [0.25, 0.3) is 0 Å². The fourth-order valence-corrected chi connectivity index (χ4v) is 3.06. The van der Waals surface area contributed by atoms with Gasteiger partial charge in [-0.05, 0) is 24.6 Å². The van der Waals surface area contributed by atoms with Crippen LogP contribution in [0, 0.1) is 5.82 Å². The van der Waals surface area contributed by atoms with Crippen molar-refractivity contribution in [2.45, 2.75) is 25.4 Å². The molecule has 2 N–H and O–H groups in total. The van der Waals surface area contributed by atoms with Gasteiger partial charge in [0, 0.05) is 30.5 Å². The van der Waals surface area contributed by atoms with Crippen LogP contribution in [0.1, 0.15) is 24.9 Å². The number of hydrogen-bond donors (Lipinski definition) is 2. The van der Waals surface area contributed by atoms with Crippen molar-refractivity contribution in [1.29, 1.82) is 0 Å². The molecule has 0 aliphatic carbocycles. The van der Waals surface area contributed by atoms with E-state index in [1.807, 2.05) is 18.7 Å². The first kappa shape index (κ1) is 14.3. The van der Waals surface area contributed by atoms with Crippen molar-refractivity contribution in [1.82, 2.24) is 10.6 Å². The summed E-state index contributed by atoms with van der Waals surface area (Å²) in [7, 11) is 0. The standard InChI is InChI=1S/C14H19FN2OS/c1-10(11-2-4-12(15)5-3-11)17-14(18)8-13-9-19-7-6-16-13/h2-5,10,13,16H,6-9H2,1H3,(H,17,18)/t10-,13?/m1/s1. The number of halogens is 1. The first-order valence-corrected chi connectivity index (χ1v) is 7.66. The molecule has 19 heavy (non-hydrogen) atoms. The van der Waals surface area contributed by atoms with Crippen LogP contribution >= 0.6 is 11.8 Å². The van der Waals surface area contributed by atoms with Gasteiger partial charge in [-0.2, -0.15) is 11.8 Å². The summed E-state index contributed by atoms with van der Waals surface area (Å²) < 4.78 is 12.8. The molecule has 1 heterocycles. The van der Waals surface area contributed by atoms with Crippen LogP contribution in [0.3, 0.4) is 0 Å². The molecule has 2 atom stereocenters. The van der Waals surface area contributed by atoms with Crippen molar-refractivity contribution in [2.24, 2.45) is 0 Å². The van der Waals surface area contributed by atoms with E-state index in [1.165, 1.54) is 12.1 Å². The molecular formula is C14H19FN2OS. The van der Waals surface area contributed by atoms with E-state index in [-0.39, 0.29) is 23.8 Å². The number of rotatable bonds is 4. The fraction of sp³-hybridized carbons (Fsp3) is 0.500. The van der Waals surface area contributed by atoms with Gasteiger partial charge in [-0.3, -0.25) is 4.79 Å². The Hall–Kier alpha value is -1.07. The smallest absolute Gasteiger partial charge is 0.222 e. The second-order valence-corrected chi connectivity index (χ2v) is 5.92. The molecule has 0 aromatic heterocycles. The monoisotopic (exact) mass is 282 g/mol. The maximum Gasteiger partial charge on any atom is 0.222 e. The largest absolute Gasteiger partial charge is 0.350 e. The Morgan fingerprint density at radius 2 is 2.26 bits per heavy atom. The summed E-state index contributed by atoms with van der Waals surface area (Å²) in [6, 6.07) is 6.40. The van der Waals surface area contributed by atoms with Gasteiger partial charge in [-0.25, -0.2) is 4.39 Å². The maximum atomic E-state index is 12.8. The van der Waals surface area contributed by atoms with Crippen molar-refractivity contribution < 1.29 is 9.18 Å². The molecule has 0 saturated carbocycles. The highest BCUT2D eigenvalue weighted by molar-refractivity contribution is 7.99. The van der Waals surface area contributed by atoms with E-state index in [1.54, 1.807) is 12.1 Å². The average molecular weight is 282 g/mol. The van der Waals surface area contributed by atoms with E-state index in [9.17, 15) is 9.18 Å². The lowest BCUT2D eigenvalue weighted by molar-refractivity contribution is -0.122. The van der Waals surface area contributed by atoms with Gasteiger partial charge in [0.1, 0.15) is 5.82 Å².